The summed E-state index contributed by atoms with van der Waals surface area (Å²) < 4.78 is 13.1. The highest BCUT2D eigenvalue weighted by Crippen LogP contribution is 2.23. The molecular formula is C22H25FN4O. The summed E-state index contributed by atoms with van der Waals surface area (Å²) in [7, 11) is 0. The van der Waals surface area contributed by atoms with E-state index < -0.39 is 0 Å². The molecule has 3 aromatic rings. The Morgan fingerprint density at radius 3 is 2.68 bits per heavy atom. The number of benzene rings is 1. The van der Waals surface area contributed by atoms with Crippen molar-refractivity contribution < 1.29 is 9.18 Å². The molecule has 1 aliphatic rings. The van der Waals surface area contributed by atoms with E-state index in [0.717, 1.165) is 35.4 Å². The molecule has 2 atom stereocenters. The fourth-order valence-corrected chi connectivity index (χ4v) is 3.97. The van der Waals surface area contributed by atoms with Gasteiger partial charge in [0, 0.05) is 43.3 Å². The molecule has 28 heavy (non-hydrogen) atoms. The van der Waals surface area contributed by atoms with Gasteiger partial charge in [-0.3, -0.25) is 9.69 Å². The smallest absolute Gasteiger partial charge is 0.256 e. The number of hydrogen-bond acceptors (Lipinski definition) is 3. The number of nitrogens with one attached hydrogen (secondary N) is 1. The highest BCUT2D eigenvalue weighted by molar-refractivity contribution is 5.98. The summed E-state index contributed by atoms with van der Waals surface area (Å²) in [4.78, 5) is 25.2. The van der Waals surface area contributed by atoms with Crippen LogP contribution in [0.2, 0.25) is 0 Å². The molecule has 0 aliphatic carbocycles. The summed E-state index contributed by atoms with van der Waals surface area (Å²) in [5, 5.41) is 0.949. The zero-order valence-corrected chi connectivity index (χ0v) is 16.4. The number of rotatable bonds is 3. The highest BCUT2D eigenvalue weighted by atomic mass is 19.1. The van der Waals surface area contributed by atoms with E-state index in [1.165, 1.54) is 12.1 Å². The van der Waals surface area contributed by atoms with Gasteiger partial charge in [-0.1, -0.05) is 12.1 Å². The Morgan fingerprint density at radius 2 is 1.93 bits per heavy atom. The van der Waals surface area contributed by atoms with Crippen LogP contribution in [0.25, 0.3) is 11.0 Å². The molecule has 1 fully saturated rings. The molecule has 5 nitrogen and oxygen atoms in total. The maximum Gasteiger partial charge on any atom is 0.256 e. The third-order valence-corrected chi connectivity index (χ3v) is 5.63. The minimum Gasteiger partial charge on any atom is -0.346 e. The predicted octanol–water partition coefficient (Wildman–Crippen LogP) is 3.75. The molecule has 2 aromatic heterocycles. The van der Waals surface area contributed by atoms with Crippen molar-refractivity contribution in [2.45, 2.75) is 39.4 Å². The Balaban J connectivity index is 1.51. The van der Waals surface area contributed by atoms with E-state index >= 15 is 0 Å². The molecular weight excluding hydrogens is 355 g/mol. The number of aromatic amines is 1. The number of aryl methyl sites for hydroxylation is 1. The number of pyridine rings is 1. The topological polar surface area (TPSA) is 52.2 Å². The number of carbonyl (C=O) groups excluding carboxylic acids is 1. The summed E-state index contributed by atoms with van der Waals surface area (Å²) >= 11 is 0. The number of amides is 1. The van der Waals surface area contributed by atoms with Crippen LogP contribution in [-0.4, -0.2) is 50.8 Å². The summed E-state index contributed by atoms with van der Waals surface area (Å²) in [6.07, 6.45) is 1.84. The summed E-state index contributed by atoms with van der Waals surface area (Å²) in [5.41, 5.74) is 3.30. The Labute approximate surface area is 164 Å². The molecule has 146 valence electrons. The largest absolute Gasteiger partial charge is 0.346 e. The van der Waals surface area contributed by atoms with Gasteiger partial charge in [0.1, 0.15) is 11.5 Å². The molecule has 0 radical (unpaired) electrons. The number of fused-ring (bicyclic) bond motifs is 1. The summed E-state index contributed by atoms with van der Waals surface area (Å²) in [6.45, 7) is 8.29. The zero-order chi connectivity index (χ0) is 19.8. The summed E-state index contributed by atoms with van der Waals surface area (Å²) in [6, 6.07) is 10.8. The van der Waals surface area contributed by atoms with Gasteiger partial charge in [-0.05, 0) is 50.6 Å². The molecule has 3 heterocycles. The van der Waals surface area contributed by atoms with Crippen LogP contribution in [0, 0.1) is 12.7 Å². The van der Waals surface area contributed by atoms with Gasteiger partial charge >= 0.3 is 0 Å². The van der Waals surface area contributed by atoms with E-state index in [9.17, 15) is 9.18 Å². The zero-order valence-electron chi connectivity index (χ0n) is 16.4. The normalized spacial score (nSPS) is 20.6. The van der Waals surface area contributed by atoms with Crippen molar-refractivity contribution in [1.82, 2.24) is 19.8 Å². The van der Waals surface area contributed by atoms with Gasteiger partial charge in [0.05, 0.1) is 11.3 Å². The molecule has 1 N–H and O–H groups in total. The van der Waals surface area contributed by atoms with Crippen molar-refractivity contribution in [3.63, 3.8) is 0 Å². The van der Waals surface area contributed by atoms with Crippen molar-refractivity contribution in [3.05, 3.63) is 65.2 Å². The first-order valence-corrected chi connectivity index (χ1v) is 9.66. The van der Waals surface area contributed by atoms with Crippen LogP contribution in [0.4, 0.5) is 4.39 Å². The van der Waals surface area contributed by atoms with Crippen LogP contribution in [0.3, 0.4) is 0 Å². The van der Waals surface area contributed by atoms with Crippen molar-refractivity contribution >= 4 is 16.9 Å². The Morgan fingerprint density at radius 1 is 1.18 bits per heavy atom. The van der Waals surface area contributed by atoms with Crippen molar-refractivity contribution in [2.75, 3.05) is 13.1 Å². The van der Waals surface area contributed by atoms with Crippen molar-refractivity contribution in [2.24, 2.45) is 0 Å². The fraction of sp³-hybridized carbons (Fsp3) is 0.364. The molecule has 1 amide bonds. The number of piperazine rings is 1. The van der Waals surface area contributed by atoms with Gasteiger partial charge in [-0.25, -0.2) is 9.37 Å². The monoisotopic (exact) mass is 380 g/mol. The van der Waals surface area contributed by atoms with Gasteiger partial charge in [0.25, 0.3) is 5.91 Å². The summed E-state index contributed by atoms with van der Waals surface area (Å²) in [5.74, 6) is -0.183. The maximum atomic E-state index is 13.3. The second-order valence-corrected chi connectivity index (χ2v) is 7.75. The SMILES string of the molecule is Cc1nc2[nH]ccc2cc1C(=O)N1C[C@H](C)N(Cc2ccc(F)cc2)CC1C. The van der Waals surface area contributed by atoms with Crippen LogP contribution in [0.15, 0.2) is 42.6 Å². The number of nitrogens with zero attached hydrogens (tertiary/aromatic N) is 3. The van der Waals surface area contributed by atoms with E-state index in [2.05, 4.69) is 28.7 Å². The van der Waals surface area contributed by atoms with Gasteiger partial charge in [-0.2, -0.15) is 0 Å². The molecule has 6 heteroatoms. The first-order chi connectivity index (χ1) is 13.4. The second kappa shape index (κ2) is 7.36. The molecule has 1 saturated heterocycles. The molecule has 1 aromatic carbocycles. The minimum absolute atomic E-state index is 0.0360. The third kappa shape index (κ3) is 3.52. The predicted molar refractivity (Wildman–Crippen MR) is 108 cm³/mol. The lowest BCUT2D eigenvalue weighted by Crippen LogP contribution is -2.57. The van der Waals surface area contributed by atoms with Crippen LogP contribution in [0.1, 0.15) is 35.5 Å². The second-order valence-electron chi connectivity index (χ2n) is 7.75. The molecule has 0 bridgehead atoms. The minimum atomic E-state index is -0.219. The average Bonchev–Trinajstić information content (AvgIpc) is 3.12. The number of aromatic nitrogens is 2. The van der Waals surface area contributed by atoms with Crippen LogP contribution in [0.5, 0.6) is 0 Å². The number of halogens is 1. The Bertz CT molecular complexity index is 997. The van der Waals surface area contributed by atoms with Gasteiger partial charge in [-0.15, -0.1) is 0 Å². The molecule has 1 unspecified atom stereocenters. The number of hydrogen-bond donors (Lipinski definition) is 1. The Hall–Kier alpha value is -2.73. The quantitative estimate of drug-likeness (QED) is 0.753. The van der Waals surface area contributed by atoms with E-state index in [-0.39, 0.29) is 23.8 Å². The highest BCUT2D eigenvalue weighted by Gasteiger charge is 2.33. The number of carbonyl (C=O) groups is 1. The number of H-pyrrole nitrogens is 1. The first kappa shape index (κ1) is 18.6. The van der Waals surface area contributed by atoms with Crippen LogP contribution >= 0.6 is 0 Å². The van der Waals surface area contributed by atoms with Crippen molar-refractivity contribution in [3.8, 4) is 0 Å². The molecule has 0 spiro atoms. The first-order valence-electron chi connectivity index (χ1n) is 9.66. The maximum absolute atomic E-state index is 13.3. The lowest BCUT2D eigenvalue weighted by atomic mass is 10.0. The fourth-order valence-electron chi connectivity index (χ4n) is 3.97. The average molecular weight is 380 g/mol. The third-order valence-electron chi connectivity index (χ3n) is 5.63. The standard InChI is InChI=1S/C22H25FN4O/c1-14-12-27(15(2)11-26(14)13-17-4-6-19(23)7-5-17)22(28)20-10-18-8-9-24-21(18)25-16(20)3/h4-10,14-15H,11-13H2,1-3H3,(H,24,25)/t14-,15?/m0/s1. The van der Waals surface area contributed by atoms with Crippen molar-refractivity contribution in [1.29, 1.82) is 0 Å². The van der Waals surface area contributed by atoms with E-state index in [1.807, 2.05) is 42.3 Å². The molecule has 0 saturated carbocycles. The van der Waals surface area contributed by atoms with Gasteiger partial charge < -0.3 is 9.88 Å². The van der Waals surface area contributed by atoms with E-state index in [1.54, 1.807) is 0 Å². The molecule has 4 rings (SSSR count). The van der Waals surface area contributed by atoms with Gasteiger partial charge in [0.15, 0.2) is 0 Å². The molecule has 1 aliphatic heterocycles. The van der Waals surface area contributed by atoms with Crippen LogP contribution < -0.4 is 0 Å². The Kier molecular flexibility index (Phi) is 4.89. The van der Waals surface area contributed by atoms with Gasteiger partial charge in [0.2, 0.25) is 0 Å². The lowest BCUT2D eigenvalue weighted by molar-refractivity contribution is 0.0290. The van der Waals surface area contributed by atoms with E-state index in [0.29, 0.717) is 12.1 Å². The van der Waals surface area contributed by atoms with Crippen LogP contribution in [-0.2, 0) is 6.54 Å². The lowest BCUT2D eigenvalue weighted by Gasteiger charge is -2.44. The van der Waals surface area contributed by atoms with E-state index in [4.69, 9.17) is 0 Å².